The minimum atomic E-state index is -0.650. The third kappa shape index (κ3) is 6.37. The van der Waals surface area contributed by atoms with Crippen LogP contribution in [0.15, 0.2) is 0 Å². The van der Waals surface area contributed by atoms with Gasteiger partial charge in [0.1, 0.15) is 0 Å². The van der Waals surface area contributed by atoms with Gasteiger partial charge in [0.2, 0.25) is 0 Å². The van der Waals surface area contributed by atoms with Crippen molar-refractivity contribution >= 4 is 11.9 Å². The molecule has 2 rings (SSSR count). The topological polar surface area (TPSA) is 74.6 Å². The average Bonchev–Trinajstić information content (AvgIpc) is 2.58. The van der Waals surface area contributed by atoms with Crippen LogP contribution in [-0.2, 0) is 9.59 Å². The third-order valence-electron chi connectivity index (χ3n) is 4.91. The van der Waals surface area contributed by atoms with E-state index in [4.69, 9.17) is 10.2 Å². The van der Waals surface area contributed by atoms with Crippen LogP contribution in [0, 0.1) is 23.7 Å². The van der Waals surface area contributed by atoms with Gasteiger partial charge in [0.25, 0.3) is 0 Å². The molecule has 2 saturated carbocycles. The lowest BCUT2D eigenvalue weighted by molar-refractivity contribution is -0.145. The van der Waals surface area contributed by atoms with E-state index in [1.54, 1.807) is 0 Å². The van der Waals surface area contributed by atoms with E-state index in [-0.39, 0.29) is 11.8 Å². The third-order valence-corrected chi connectivity index (χ3v) is 4.91. The monoisotopic (exact) mass is 314 g/mol. The fourth-order valence-electron chi connectivity index (χ4n) is 3.68. The summed E-state index contributed by atoms with van der Waals surface area (Å²) in [6, 6.07) is 0. The number of carboxylic acids is 2. The van der Waals surface area contributed by atoms with Crippen molar-refractivity contribution in [2.45, 2.75) is 79.1 Å². The van der Waals surface area contributed by atoms with Crippen molar-refractivity contribution in [3.8, 4) is 0 Å². The maximum absolute atomic E-state index is 10.9. The first-order valence-corrected chi connectivity index (χ1v) is 9.03. The van der Waals surface area contributed by atoms with Crippen molar-refractivity contribution in [1.82, 2.24) is 0 Å². The number of carboxylic acid groups (broad SMARTS) is 2. The van der Waals surface area contributed by atoms with Crippen LogP contribution in [0.2, 0.25) is 0 Å². The van der Waals surface area contributed by atoms with Gasteiger partial charge in [-0.15, -0.1) is 0 Å². The zero-order valence-electron chi connectivity index (χ0n) is 14.7. The Labute approximate surface area is 135 Å². The van der Waals surface area contributed by atoms with Crippen LogP contribution in [0.3, 0.4) is 0 Å². The second-order valence-electron chi connectivity index (χ2n) is 5.90. The highest BCUT2D eigenvalue weighted by molar-refractivity contribution is 5.70. The SMILES string of the molecule is CC.CC.O=C(O)C1CCC(C2CCC(C(=O)O)CC2)CC1. The molecule has 0 bridgehead atoms. The molecule has 0 radical (unpaired) electrons. The van der Waals surface area contributed by atoms with Crippen LogP contribution in [0.1, 0.15) is 79.1 Å². The van der Waals surface area contributed by atoms with Crippen LogP contribution < -0.4 is 0 Å². The Kier molecular flexibility index (Phi) is 10.9. The maximum atomic E-state index is 10.9. The molecule has 0 amide bonds. The summed E-state index contributed by atoms with van der Waals surface area (Å²) in [6.07, 6.45) is 7.27. The molecule has 2 aliphatic rings. The smallest absolute Gasteiger partial charge is 0.306 e. The van der Waals surface area contributed by atoms with Crippen molar-refractivity contribution in [1.29, 1.82) is 0 Å². The zero-order chi connectivity index (χ0) is 17.1. The highest BCUT2D eigenvalue weighted by Gasteiger charge is 2.34. The Hall–Kier alpha value is -1.06. The molecule has 0 aromatic rings. The second kappa shape index (κ2) is 11.5. The first-order chi connectivity index (χ1) is 10.6. The van der Waals surface area contributed by atoms with E-state index in [9.17, 15) is 9.59 Å². The molecule has 0 atom stereocenters. The number of hydrogen-bond donors (Lipinski definition) is 2. The van der Waals surface area contributed by atoms with E-state index in [1.807, 2.05) is 27.7 Å². The summed E-state index contributed by atoms with van der Waals surface area (Å²) < 4.78 is 0. The van der Waals surface area contributed by atoms with Gasteiger partial charge in [0, 0.05) is 0 Å². The standard InChI is InChI=1S/C14H22O4.2C2H6/c15-13(16)11-5-1-9(2-6-11)10-3-7-12(8-4-10)14(17)18;2*1-2/h9-12H,1-8H2,(H,15,16)(H,17,18);2*1-2H3. The molecule has 0 aliphatic heterocycles. The molecule has 0 heterocycles. The van der Waals surface area contributed by atoms with Crippen molar-refractivity contribution in [3.05, 3.63) is 0 Å². The molecular formula is C18H34O4. The van der Waals surface area contributed by atoms with Crippen LogP contribution in [0.25, 0.3) is 0 Å². The predicted octanol–water partition coefficient (Wildman–Crippen LogP) is 4.82. The van der Waals surface area contributed by atoms with E-state index < -0.39 is 11.9 Å². The lowest BCUT2D eigenvalue weighted by atomic mass is 9.69. The van der Waals surface area contributed by atoms with Gasteiger partial charge >= 0.3 is 11.9 Å². The van der Waals surface area contributed by atoms with E-state index in [1.165, 1.54) is 0 Å². The van der Waals surface area contributed by atoms with Gasteiger partial charge < -0.3 is 10.2 Å². The molecule has 0 unspecified atom stereocenters. The lowest BCUT2D eigenvalue weighted by Crippen LogP contribution is -2.29. The molecule has 2 aliphatic carbocycles. The van der Waals surface area contributed by atoms with Crippen LogP contribution in [0.5, 0.6) is 0 Å². The Morgan fingerprint density at radius 3 is 1.00 bits per heavy atom. The van der Waals surface area contributed by atoms with Gasteiger partial charge in [-0.05, 0) is 63.2 Å². The van der Waals surface area contributed by atoms with E-state index >= 15 is 0 Å². The molecule has 4 nitrogen and oxygen atoms in total. The summed E-state index contributed by atoms with van der Waals surface area (Å²) in [4.78, 5) is 21.8. The summed E-state index contributed by atoms with van der Waals surface area (Å²) >= 11 is 0. The summed E-state index contributed by atoms with van der Waals surface area (Å²) in [7, 11) is 0. The highest BCUT2D eigenvalue weighted by Crippen LogP contribution is 2.41. The van der Waals surface area contributed by atoms with Gasteiger partial charge in [0.15, 0.2) is 0 Å². The molecule has 22 heavy (non-hydrogen) atoms. The van der Waals surface area contributed by atoms with Crippen LogP contribution in [-0.4, -0.2) is 22.2 Å². The molecular weight excluding hydrogens is 280 g/mol. The molecule has 4 heteroatoms. The molecule has 0 aromatic carbocycles. The molecule has 2 fully saturated rings. The van der Waals surface area contributed by atoms with Gasteiger partial charge in [-0.3, -0.25) is 9.59 Å². The normalized spacial score (nSPS) is 30.9. The first kappa shape index (κ1) is 20.9. The first-order valence-electron chi connectivity index (χ1n) is 9.03. The molecule has 130 valence electrons. The number of carbonyl (C=O) groups is 2. The molecule has 0 spiro atoms. The average molecular weight is 314 g/mol. The Morgan fingerprint density at radius 1 is 0.591 bits per heavy atom. The van der Waals surface area contributed by atoms with Crippen LogP contribution in [0.4, 0.5) is 0 Å². The van der Waals surface area contributed by atoms with E-state index in [0.717, 1.165) is 51.4 Å². The minimum Gasteiger partial charge on any atom is -0.481 e. The van der Waals surface area contributed by atoms with Crippen molar-refractivity contribution in [3.63, 3.8) is 0 Å². The molecule has 0 aromatic heterocycles. The van der Waals surface area contributed by atoms with E-state index in [2.05, 4.69) is 0 Å². The summed E-state index contributed by atoms with van der Waals surface area (Å²) in [5.74, 6) is -0.315. The van der Waals surface area contributed by atoms with Crippen molar-refractivity contribution in [2.75, 3.05) is 0 Å². The van der Waals surface area contributed by atoms with Crippen LogP contribution >= 0.6 is 0 Å². The quantitative estimate of drug-likeness (QED) is 0.783. The van der Waals surface area contributed by atoms with Gasteiger partial charge in [-0.2, -0.15) is 0 Å². The fraction of sp³-hybridized carbons (Fsp3) is 0.889. The van der Waals surface area contributed by atoms with Crippen molar-refractivity contribution in [2.24, 2.45) is 23.7 Å². The van der Waals surface area contributed by atoms with Gasteiger partial charge in [-0.1, -0.05) is 27.7 Å². The molecule has 2 N–H and O–H groups in total. The largest absolute Gasteiger partial charge is 0.481 e. The molecule has 0 saturated heterocycles. The van der Waals surface area contributed by atoms with Gasteiger partial charge in [0.05, 0.1) is 11.8 Å². The highest BCUT2D eigenvalue weighted by atomic mass is 16.4. The van der Waals surface area contributed by atoms with Crippen molar-refractivity contribution < 1.29 is 19.8 Å². The zero-order valence-corrected chi connectivity index (χ0v) is 14.7. The summed E-state index contributed by atoms with van der Waals surface area (Å²) in [5.41, 5.74) is 0. The summed E-state index contributed by atoms with van der Waals surface area (Å²) in [5, 5.41) is 17.9. The maximum Gasteiger partial charge on any atom is 0.306 e. The minimum absolute atomic E-state index is 0.142. The number of rotatable bonds is 3. The number of hydrogen-bond acceptors (Lipinski definition) is 2. The summed E-state index contributed by atoms with van der Waals surface area (Å²) in [6.45, 7) is 8.00. The lowest BCUT2D eigenvalue weighted by Gasteiger charge is -2.36. The van der Waals surface area contributed by atoms with E-state index in [0.29, 0.717) is 11.8 Å². The Balaban J connectivity index is 0.00000102. The fourth-order valence-corrected chi connectivity index (χ4v) is 3.68. The predicted molar refractivity (Wildman–Crippen MR) is 88.9 cm³/mol. The van der Waals surface area contributed by atoms with Gasteiger partial charge in [-0.25, -0.2) is 0 Å². The Morgan fingerprint density at radius 2 is 0.818 bits per heavy atom. The Bertz CT molecular complexity index is 279. The number of aliphatic carboxylic acids is 2. The second-order valence-corrected chi connectivity index (χ2v) is 5.90.